The highest BCUT2D eigenvalue weighted by atomic mass is 16.5. The van der Waals surface area contributed by atoms with Crippen LogP contribution in [0.5, 0.6) is 0 Å². The maximum atomic E-state index is 11.2. The Labute approximate surface area is 106 Å². The van der Waals surface area contributed by atoms with E-state index in [1.54, 1.807) is 0 Å². The van der Waals surface area contributed by atoms with Gasteiger partial charge in [0.2, 0.25) is 0 Å². The van der Waals surface area contributed by atoms with Gasteiger partial charge in [0.25, 0.3) is 0 Å². The molecule has 0 aromatic heterocycles. The van der Waals surface area contributed by atoms with Gasteiger partial charge in [0, 0.05) is 12.5 Å². The highest BCUT2D eigenvalue weighted by Crippen LogP contribution is 2.47. The molecule has 1 aliphatic carbocycles. The summed E-state index contributed by atoms with van der Waals surface area (Å²) in [5.74, 6) is 2.07. The van der Waals surface area contributed by atoms with Crippen molar-refractivity contribution in [3.05, 3.63) is 0 Å². The number of aliphatic hydroxyl groups is 1. The normalized spacial score (nSPS) is 43.9. The van der Waals surface area contributed by atoms with Crippen molar-refractivity contribution in [3.8, 4) is 0 Å². The number of rotatable bonds is 2. The van der Waals surface area contributed by atoms with E-state index in [-0.39, 0.29) is 0 Å². The number of hydrogen-bond acceptors (Lipinski definition) is 2. The monoisotopic (exact) mass is 240 g/mol. The molecule has 2 aliphatic rings. The molecule has 2 nitrogen and oxygen atoms in total. The molecule has 0 aromatic carbocycles. The van der Waals surface area contributed by atoms with E-state index < -0.39 is 5.60 Å². The summed E-state index contributed by atoms with van der Waals surface area (Å²) in [7, 11) is 0. The molecule has 0 amide bonds. The molecule has 1 saturated carbocycles. The Morgan fingerprint density at radius 3 is 2.59 bits per heavy atom. The van der Waals surface area contributed by atoms with E-state index in [0.29, 0.717) is 23.7 Å². The fourth-order valence-electron chi connectivity index (χ4n) is 4.04. The Morgan fingerprint density at radius 2 is 2.00 bits per heavy atom. The van der Waals surface area contributed by atoms with Crippen LogP contribution in [0.2, 0.25) is 0 Å². The van der Waals surface area contributed by atoms with Crippen molar-refractivity contribution in [2.24, 2.45) is 23.7 Å². The molecule has 0 spiro atoms. The SMILES string of the molecule is CC1CCC(C(C)C)C(O)(C2CCCOC2)C1. The second-order valence-corrected chi connectivity index (χ2v) is 6.64. The molecule has 2 fully saturated rings. The molecule has 2 heteroatoms. The van der Waals surface area contributed by atoms with Crippen molar-refractivity contribution in [1.29, 1.82) is 0 Å². The van der Waals surface area contributed by atoms with Gasteiger partial charge in [-0.3, -0.25) is 0 Å². The summed E-state index contributed by atoms with van der Waals surface area (Å²) in [5.41, 5.74) is -0.466. The van der Waals surface area contributed by atoms with Crippen LogP contribution in [0.3, 0.4) is 0 Å². The van der Waals surface area contributed by atoms with E-state index >= 15 is 0 Å². The molecule has 0 radical (unpaired) electrons. The highest BCUT2D eigenvalue weighted by Gasteiger charge is 2.48. The van der Waals surface area contributed by atoms with E-state index in [4.69, 9.17) is 4.74 Å². The molecule has 100 valence electrons. The minimum absolute atomic E-state index is 0.367. The standard InChI is InChI=1S/C15H28O2/c1-11(2)14-7-6-12(3)9-15(14,16)13-5-4-8-17-10-13/h11-14,16H,4-10H2,1-3H3. The fourth-order valence-corrected chi connectivity index (χ4v) is 4.04. The van der Waals surface area contributed by atoms with Crippen molar-refractivity contribution in [2.75, 3.05) is 13.2 Å². The van der Waals surface area contributed by atoms with Crippen molar-refractivity contribution >= 4 is 0 Å². The van der Waals surface area contributed by atoms with Gasteiger partial charge in [-0.15, -0.1) is 0 Å². The lowest BCUT2D eigenvalue weighted by Gasteiger charge is -2.50. The largest absolute Gasteiger partial charge is 0.389 e. The maximum Gasteiger partial charge on any atom is 0.0730 e. The van der Waals surface area contributed by atoms with Gasteiger partial charge in [-0.05, 0) is 43.4 Å². The van der Waals surface area contributed by atoms with Crippen molar-refractivity contribution in [3.63, 3.8) is 0 Å². The zero-order chi connectivity index (χ0) is 12.5. The van der Waals surface area contributed by atoms with Gasteiger partial charge in [0.05, 0.1) is 12.2 Å². The van der Waals surface area contributed by atoms with Crippen LogP contribution in [0.25, 0.3) is 0 Å². The Bertz CT molecular complexity index is 245. The molecule has 1 heterocycles. The second kappa shape index (κ2) is 5.27. The number of ether oxygens (including phenoxy) is 1. The Kier molecular flexibility index (Phi) is 4.14. The van der Waals surface area contributed by atoms with Crippen molar-refractivity contribution in [2.45, 2.75) is 58.5 Å². The van der Waals surface area contributed by atoms with E-state index in [0.717, 1.165) is 32.5 Å². The first kappa shape index (κ1) is 13.4. The van der Waals surface area contributed by atoms with Crippen LogP contribution in [0.1, 0.15) is 52.9 Å². The Balaban J connectivity index is 2.15. The van der Waals surface area contributed by atoms with Gasteiger partial charge >= 0.3 is 0 Å². The average Bonchev–Trinajstić information content (AvgIpc) is 2.29. The van der Waals surface area contributed by atoms with Crippen LogP contribution >= 0.6 is 0 Å². The van der Waals surface area contributed by atoms with Crippen molar-refractivity contribution in [1.82, 2.24) is 0 Å². The molecule has 1 saturated heterocycles. The van der Waals surface area contributed by atoms with Crippen LogP contribution in [-0.2, 0) is 4.74 Å². The van der Waals surface area contributed by atoms with E-state index in [1.165, 1.54) is 12.8 Å². The molecule has 0 bridgehead atoms. The van der Waals surface area contributed by atoms with Crippen LogP contribution in [0.15, 0.2) is 0 Å². The third kappa shape index (κ3) is 2.68. The smallest absolute Gasteiger partial charge is 0.0730 e. The third-order valence-corrected chi connectivity index (χ3v) is 4.96. The second-order valence-electron chi connectivity index (χ2n) is 6.64. The first-order valence-corrected chi connectivity index (χ1v) is 7.34. The zero-order valence-electron chi connectivity index (χ0n) is 11.6. The zero-order valence-corrected chi connectivity index (χ0v) is 11.6. The predicted octanol–water partition coefficient (Wildman–Crippen LogP) is 3.24. The fraction of sp³-hybridized carbons (Fsp3) is 1.00. The van der Waals surface area contributed by atoms with Crippen LogP contribution in [-0.4, -0.2) is 23.9 Å². The topological polar surface area (TPSA) is 29.5 Å². The van der Waals surface area contributed by atoms with Gasteiger partial charge in [-0.1, -0.05) is 27.2 Å². The first-order chi connectivity index (χ1) is 8.04. The molecule has 1 N–H and O–H groups in total. The minimum atomic E-state index is -0.466. The van der Waals surface area contributed by atoms with Gasteiger partial charge in [0.1, 0.15) is 0 Å². The summed E-state index contributed by atoms with van der Waals surface area (Å²) in [4.78, 5) is 0. The van der Waals surface area contributed by atoms with Gasteiger partial charge in [-0.2, -0.15) is 0 Å². The highest BCUT2D eigenvalue weighted by molar-refractivity contribution is 4.98. The van der Waals surface area contributed by atoms with Gasteiger partial charge in [-0.25, -0.2) is 0 Å². The van der Waals surface area contributed by atoms with Gasteiger partial charge < -0.3 is 9.84 Å². The quantitative estimate of drug-likeness (QED) is 0.803. The third-order valence-electron chi connectivity index (χ3n) is 4.96. The summed E-state index contributed by atoms with van der Waals surface area (Å²) < 4.78 is 5.60. The summed E-state index contributed by atoms with van der Waals surface area (Å²) in [6.45, 7) is 8.46. The molecule has 2 rings (SSSR count). The molecule has 17 heavy (non-hydrogen) atoms. The predicted molar refractivity (Wildman–Crippen MR) is 69.8 cm³/mol. The Morgan fingerprint density at radius 1 is 1.24 bits per heavy atom. The number of hydrogen-bond donors (Lipinski definition) is 1. The summed E-state index contributed by atoms with van der Waals surface area (Å²) in [6, 6.07) is 0. The molecule has 4 unspecified atom stereocenters. The average molecular weight is 240 g/mol. The van der Waals surface area contributed by atoms with Crippen LogP contribution < -0.4 is 0 Å². The lowest BCUT2D eigenvalue weighted by molar-refractivity contribution is -0.151. The summed E-state index contributed by atoms with van der Waals surface area (Å²) in [5, 5.41) is 11.2. The molecular weight excluding hydrogens is 212 g/mol. The van der Waals surface area contributed by atoms with E-state index in [2.05, 4.69) is 20.8 Å². The van der Waals surface area contributed by atoms with Crippen LogP contribution in [0.4, 0.5) is 0 Å². The first-order valence-electron chi connectivity index (χ1n) is 7.34. The van der Waals surface area contributed by atoms with E-state index in [1.807, 2.05) is 0 Å². The Hall–Kier alpha value is -0.0800. The molecule has 1 aliphatic heterocycles. The molecular formula is C15H28O2. The van der Waals surface area contributed by atoms with Gasteiger partial charge in [0.15, 0.2) is 0 Å². The lowest BCUT2D eigenvalue weighted by atomic mass is 9.61. The summed E-state index contributed by atoms with van der Waals surface area (Å²) in [6.07, 6.45) is 5.70. The maximum absolute atomic E-state index is 11.2. The summed E-state index contributed by atoms with van der Waals surface area (Å²) >= 11 is 0. The minimum Gasteiger partial charge on any atom is -0.389 e. The lowest BCUT2D eigenvalue weighted by Crippen LogP contribution is -2.53. The molecule has 4 atom stereocenters. The molecule has 0 aromatic rings. The van der Waals surface area contributed by atoms with Crippen LogP contribution in [0, 0.1) is 23.7 Å². The van der Waals surface area contributed by atoms with Crippen molar-refractivity contribution < 1.29 is 9.84 Å². The van der Waals surface area contributed by atoms with E-state index in [9.17, 15) is 5.11 Å².